The molecule has 2 aliphatic carbocycles. The van der Waals surface area contributed by atoms with E-state index in [1.54, 1.807) is 6.20 Å². The van der Waals surface area contributed by atoms with Crippen LogP contribution >= 0.6 is 11.6 Å². The van der Waals surface area contributed by atoms with Crippen molar-refractivity contribution in [1.29, 1.82) is 0 Å². The molecule has 2 N–H and O–H groups in total. The monoisotopic (exact) mass is 385 g/mol. The van der Waals surface area contributed by atoms with E-state index in [0.29, 0.717) is 22.8 Å². The van der Waals surface area contributed by atoms with Gasteiger partial charge in [0, 0.05) is 43.0 Å². The fourth-order valence-electron chi connectivity index (χ4n) is 4.85. The summed E-state index contributed by atoms with van der Waals surface area (Å²) >= 11 is 6.18. The van der Waals surface area contributed by atoms with E-state index in [1.807, 2.05) is 6.07 Å². The van der Waals surface area contributed by atoms with Gasteiger partial charge < -0.3 is 10.5 Å². The zero-order valence-corrected chi connectivity index (χ0v) is 16.0. The molecule has 0 amide bonds. The number of aromatic nitrogens is 3. The van der Waals surface area contributed by atoms with E-state index in [1.165, 1.54) is 31.6 Å². The van der Waals surface area contributed by atoms with Crippen LogP contribution in [0.3, 0.4) is 0 Å². The van der Waals surface area contributed by atoms with Gasteiger partial charge in [-0.25, -0.2) is 4.98 Å². The van der Waals surface area contributed by atoms with Crippen LogP contribution in [0, 0.1) is 17.8 Å². The normalized spacial score (nSPS) is 30.3. The Morgan fingerprint density at radius 1 is 1.19 bits per heavy atom. The Kier molecular flexibility index (Phi) is 3.59. The molecule has 0 spiro atoms. The Labute approximate surface area is 163 Å². The fraction of sp³-hybridized carbons (Fsp3) is 0.600. The quantitative estimate of drug-likeness (QED) is 0.856. The standard InChI is InChI=1S/C20H24ClN5O/c21-16-3-12(5-23-20(16)22)17-4-18(26(24-17)6-11-1-2-11)19-14-7-25(8-15(14)19)13-9-27-10-13/h3-5,11,13-15,19H,1-2,6-10H2,(H2,22,23)/t14-,15+,19+. The lowest BCUT2D eigenvalue weighted by molar-refractivity contribution is -0.0610. The SMILES string of the molecule is Nc1ncc(-c2cc([C@H]3[C@@H]4CN(C5COC5)C[C@@H]43)n(CC3CC3)n2)cc1Cl. The van der Waals surface area contributed by atoms with Gasteiger partial charge >= 0.3 is 0 Å². The molecule has 27 heavy (non-hydrogen) atoms. The minimum atomic E-state index is 0.370. The molecule has 0 bridgehead atoms. The average molecular weight is 386 g/mol. The van der Waals surface area contributed by atoms with Crippen molar-refractivity contribution in [3.63, 3.8) is 0 Å². The summed E-state index contributed by atoms with van der Waals surface area (Å²) in [6.45, 7) is 5.30. The Morgan fingerprint density at radius 3 is 2.59 bits per heavy atom. The molecular weight excluding hydrogens is 362 g/mol. The fourth-order valence-corrected chi connectivity index (χ4v) is 5.02. The summed E-state index contributed by atoms with van der Waals surface area (Å²) in [7, 11) is 0. The summed E-state index contributed by atoms with van der Waals surface area (Å²) in [5.74, 6) is 3.38. The summed E-state index contributed by atoms with van der Waals surface area (Å²) in [4.78, 5) is 6.83. The minimum absolute atomic E-state index is 0.370. The molecule has 4 fully saturated rings. The molecule has 0 aromatic carbocycles. The molecular formula is C20H24ClN5O. The summed E-state index contributed by atoms with van der Waals surface area (Å²) in [6, 6.07) is 4.81. The van der Waals surface area contributed by atoms with Gasteiger partial charge in [0.05, 0.1) is 30.0 Å². The van der Waals surface area contributed by atoms with E-state index >= 15 is 0 Å². The summed E-state index contributed by atoms with van der Waals surface area (Å²) in [6.07, 6.45) is 4.44. The number of nitrogen functional groups attached to an aromatic ring is 1. The Hall–Kier alpha value is -1.63. The molecule has 2 aromatic rings. The number of piperidine rings is 1. The highest BCUT2D eigenvalue weighted by molar-refractivity contribution is 6.33. The van der Waals surface area contributed by atoms with Gasteiger partial charge in [-0.05, 0) is 42.7 Å². The first-order chi connectivity index (χ1) is 13.2. The maximum atomic E-state index is 6.18. The number of hydrogen-bond acceptors (Lipinski definition) is 5. The molecule has 7 heteroatoms. The van der Waals surface area contributed by atoms with Crippen molar-refractivity contribution < 1.29 is 4.74 Å². The van der Waals surface area contributed by atoms with Crippen molar-refractivity contribution in [1.82, 2.24) is 19.7 Å². The van der Waals surface area contributed by atoms with E-state index in [0.717, 1.165) is 48.8 Å². The highest BCUT2D eigenvalue weighted by Gasteiger charge is 2.58. The van der Waals surface area contributed by atoms with E-state index in [2.05, 4.69) is 20.6 Å². The summed E-state index contributed by atoms with van der Waals surface area (Å²) < 4.78 is 7.64. The minimum Gasteiger partial charge on any atom is -0.382 e. The number of anilines is 1. The van der Waals surface area contributed by atoms with Crippen molar-refractivity contribution in [3.05, 3.63) is 29.0 Å². The Balaban J connectivity index is 1.27. The van der Waals surface area contributed by atoms with E-state index in [9.17, 15) is 0 Å². The number of nitrogens with zero attached hydrogens (tertiary/aromatic N) is 4. The first-order valence-corrected chi connectivity index (χ1v) is 10.4. The van der Waals surface area contributed by atoms with Crippen molar-refractivity contribution in [2.24, 2.45) is 17.8 Å². The first-order valence-electron chi connectivity index (χ1n) is 9.98. The molecule has 4 heterocycles. The summed E-state index contributed by atoms with van der Waals surface area (Å²) in [5.41, 5.74) is 9.09. The van der Waals surface area contributed by atoms with Gasteiger partial charge in [0.25, 0.3) is 0 Å². The third-order valence-corrected chi connectivity index (χ3v) is 7.11. The second-order valence-corrected chi connectivity index (χ2v) is 9.08. The lowest BCUT2D eigenvalue weighted by atomic mass is 10.1. The van der Waals surface area contributed by atoms with Crippen LogP contribution in [0.1, 0.15) is 24.5 Å². The Bertz CT molecular complexity index is 878. The van der Waals surface area contributed by atoms with Crippen LogP contribution in [0.15, 0.2) is 18.3 Å². The molecule has 6 rings (SSSR count). The lowest BCUT2D eigenvalue weighted by Gasteiger charge is -2.35. The maximum Gasteiger partial charge on any atom is 0.142 e. The third kappa shape index (κ3) is 2.77. The van der Waals surface area contributed by atoms with Gasteiger partial charge in [0.1, 0.15) is 5.82 Å². The molecule has 2 aliphatic heterocycles. The lowest BCUT2D eigenvalue weighted by Crippen LogP contribution is -2.48. The van der Waals surface area contributed by atoms with Crippen molar-refractivity contribution >= 4 is 17.4 Å². The number of rotatable bonds is 5. The largest absolute Gasteiger partial charge is 0.382 e. The second kappa shape index (κ2) is 5.93. The van der Waals surface area contributed by atoms with Crippen LogP contribution in [-0.2, 0) is 11.3 Å². The number of halogens is 1. The molecule has 6 nitrogen and oxygen atoms in total. The van der Waals surface area contributed by atoms with Gasteiger partial charge in [0.15, 0.2) is 0 Å². The average Bonchev–Trinajstić information content (AvgIpc) is 3.44. The molecule has 2 saturated heterocycles. The van der Waals surface area contributed by atoms with E-state index in [4.69, 9.17) is 27.2 Å². The number of fused-ring (bicyclic) bond motifs is 1. The van der Waals surface area contributed by atoms with Gasteiger partial charge in [-0.2, -0.15) is 5.10 Å². The number of nitrogens with two attached hydrogens (primary N) is 1. The smallest absolute Gasteiger partial charge is 0.142 e. The van der Waals surface area contributed by atoms with Crippen LogP contribution in [0.5, 0.6) is 0 Å². The van der Waals surface area contributed by atoms with Crippen molar-refractivity contribution in [2.45, 2.75) is 31.3 Å². The second-order valence-electron chi connectivity index (χ2n) is 8.67. The van der Waals surface area contributed by atoms with Crippen LogP contribution in [0.4, 0.5) is 5.82 Å². The Morgan fingerprint density at radius 2 is 1.96 bits per heavy atom. The van der Waals surface area contributed by atoms with E-state index < -0.39 is 0 Å². The van der Waals surface area contributed by atoms with Crippen molar-refractivity contribution in [3.8, 4) is 11.3 Å². The zero-order valence-electron chi connectivity index (χ0n) is 15.2. The van der Waals surface area contributed by atoms with Crippen LogP contribution < -0.4 is 5.73 Å². The number of pyridine rings is 1. The third-order valence-electron chi connectivity index (χ3n) is 6.81. The zero-order chi connectivity index (χ0) is 18.1. The van der Waals surface area contributed by atoms with Crippen LogP contribution in [0.25, 0.3) is 11.3 Å². The van der Waals surface area contributed by atoms with Crippen molar-refractivity contribution in [2.75, 3.05) is 32.0 Å². The highest BCUT2D eigenvalue weighted by Crippen LogP contribution is 2.59. The van der Waals surface area contributed by atoms with Crippen LogP contribution in [0.2, 0.25) is 5.02 Å². The van der Waals surface area contributed by atoms with Gasteiger partial charge in [-0.15, -0.1) is 0 Å². The van der Waals surface area contributed by atoms with Gasteiger partial charge in [-0.3, -0.25) is 9.58 Å². The predicted molar refractivity (Wildman–Crippen MR) is 104 cm³/mol. The topological polar surface area (TPSA) is 69.2 Å². The molecule has 0 radical (unpaired) electrons. The first kappa shape index (κ1) is 16.3. The highest BCUT2D eigenvalue weighted by atomic mass is 35.5. The van der Waals surface area contributed by atoms with Gasteiger partial charge in [-0.1, -0.05) is 11.6 Å². The molecule has 4 aliphatic rings. The summed E-state index contributed by atoms with van der Waals surface area (Å²) in [5, 5.41) is 5.44. The van der Waals surface area contributed by atoms with Crippen LogP contribution in [-0.4, -0.2) is 52.0 Å². The molecule has 3 atom stereocenters. The molecule has 2 saturated carbocycles. The molecule has 2 aromatic heterocycles. The number of ether oxygens (including phenoxy) is 1. The molecule has 142 valence electrons. The maximum absolute atomic E-state index is 6.18. The predicted octanol–water partition coefficient (Wildman–Crippen LogP) is 2.63. The van der Waals surface area contributed by atoms with E-state index in [-0.39, 0.29) is 0 Å². The number of hydrogen-bond donors (Lipinski definition) is 1. The number of likely N-dealkylation sites (tertiary alicyclic amines) is 1. The van der Waals surface area contributed by atoms with Gasteiger partial charge in [0.2, 0.25) is 0 Å². The molecule has 0 unspecified atom stereocenters.